The standard InChI is InChI=1S/C23H35ClN2O/c1-5-6-8-20-9-7-10-21(15-19-11-13-22(24)14-12-19)23(20)25-27-17-18(2)16-26(3)4/h11-15,18,20H,5-10,16-17H2,1-4H3/b21-15+,25-23+/t18-,20+/m0/s1. The van der Waals surface area contributed by atoms with Crippen molar-refractivity contribution >= 4 is 23.4 Å². The SMILES string of the molecule is CCCC[C@@H]1CCCC(=C\c2ccc(Cl)cc2)/C1=N/OC[C@@H](C)CN(C)C. The molecule has 0 heterocycles. The Balaban J connectivity index is 2.15. The van der Waals surface area contributed by atoms with Crippen LogP contribution in [0.2, 0.25) is 5.02 Å². The molecule has 150 valence electrons. The third-order valence-corrected chi connectivity index (χ3v) is 5.28. The molecule has 0 spiro atoms. The van der Waals surface area contributed by atoms with Gasteiger partial charge in [-0.25, -0.2) is 0 Å². The van der Waals surface area contributed by atoms with E-state index < -0.39 is 0 Å². The van der Waals surface area contributed by atoms with Gasteiger partial charge in [0.25, 0.3) is 0 Å². The molecule has 0 radical (unpaired) electrons. The van der Waals surface area contributed by atoms with Crippen molar-refractivity contribution in [2.45, 2.75) is 52.4 Å². The molecule has 1 fully saturated rings. The summed E-state index contributed by atoms with van der Waals surface area (Å²) in [7, 11) is 4.19. The molecule has 1 aliphatic rings. The highest BCUT2D eigenvalue weighted by Crippen LogP contribution is 2.31. The largest absolute Gasteiger partial charge is 0.395 e. The van der Waals surface area contributed by atoms with Gasteiger partial charge in [-0.15, -0.1) is 0 Å². The third-order valence-electron chi connectivity index (χ3n) is 5.03. The maximum atomic E-state index is 6.03. The number of hydrogen-bond donors (Lipinski definition) is 0. The van der Waals surface area contributed by atoms with Crippen molar-refractivity contribution in [2.24, 2.45) is 17.0 Å². The Kier molecular flexibility index (Phi) is 9.36. The van der Waals surface area contributed by atoms with Gasteiger partial charge >= 0.3 is 0 Å². The van der Waals surface area contributed by atoms with Crippen molar-refractivity contribution in [3.8, 4) is 0 Å². The number of allylic oxidation sites excluding steroid dienone is 1. The van der Waals surface area contributed by atoms with Gasteiger partial charge in [-0.3, -0.25) is 0 Å². The second-order valence-corrected chi connectivity index (χ2v) is 8.53. The van der Waals surface area contributed by atoms with Crippen molar-refractivity contribution < 1.29 is 4.84 Å². The van der Waals surface area contributed by atoms with Crippen LogP contribution in [0.25, 0.3) is 6.08 Å². The lowest BCUT2D eigenvalue weighted by atomic mass is 9.80. The molecule has 0 unspecified atom stereocenters. The molecular formula is C23H35ClN2O. The molecule has 27 heavy (non-hydrogen) atoms. The van der Waals surface area contributed by atoms with Gasteiger partial charge in [0.15, 0.2) is 0 Å². The molecule has 1 aromatic carbocycles. The van der Waals surface area contributed by atoms with E-state index in [1.165, 1.54) is 49.0 Å². The molecule has 1 aliphatic carbocycles. The van der Waals surface area contributed by atoms with E-state index in [1.54, 1.807) is 0 Å². The van der Waals surface area contributed by atoms with Crippen LogP contribution in [0.1, 0.15) is 57.9 Å². The van der Waals surface area contributed by atoms with E-state index in [0.717, 1.165) is 18.0 Å². The van der Waals surface area contributed by atoms with E-state index in [4.69, 9.17) is 16.4 Å². The molecule has 0 aromatic heterocycles. The summed E-state index contributed by atoms with van der Waals surface area (Å²) >= 11 is 6.03. The lowest BCUT2D eigenvalue weighted by molar-refractivity contribution is 0.100. The fourth-order valence-electron chi connectivity index (χ4n) is 3.75. The van der Waals surface area contributed by atoms with Crippen LogP contribution in [0.4, 0.5) is 0 Å². The number of nitrogens with zero attached hydrogens (tertiary/aromatic N) is 2. The summed E-state index contributed by atoms with van der Waals surface area (Å²) < 4.78 is 0. The summed E-state index contributed by atoms with van der Waals surface area (Å²) in [4.78, 5) is 8.02. The predicted molar refractivity (Wildman–Crippen MR) is 117 cm³/mol. The quantitative estimate of drug-likeness (QED) is 0.463. The molecule has 1 saturated carbocycles. The van der Waals surface area contributed by atoms with Gasteiger partial charge in [-0.2, -0.15) is 0 Å². The van der Waals surface area contributed by atoms with Gasteiger partial charge in [0.05, 0.1) is 5.71 Å². The second-order valence-electron chi connectivity index (χ2n) is 8.09. The highest BCUT2D eigenvalue weighted by molar-refractivity contribution is 6.30. The Bertz CT molecular complexity index is 622. The molecule has 2 atom stereocenters. The molecule has 2 rings (SSSR count). The van der Waals surface area contributed by atoms with Crippen LogP contribution in [-0.4, -0.2) is 37.9 Å². The number of halogens is 1. The van der Waals surface area contributed by atoms with E-state index in [-0.39, 0.29) is 0 Å². The lowest BCUT2D eigenvalue weighted by Crippen LogP contribution is -2.24. The Labute approximate surface area is 170 Å². The fourth-order valence-corrected chi connectivity index (χ4v) is 3.87. The van der Waals surface area contributed by atoms with E-state index in [0.29, 0.717) is 18.4 Å². The minimum absolute atomic E-state index is 0.464. The van der Waals surface area contributed by atoms with E-state index in [1.807, 2.05) is 12.1 Å². The van der Waals surface area contributed by atoms with Crippen molar-refractivity contribution in [1.29, 1.82) is 0 Å². The van der Waals surface area contributed by atoms with E-state index in [2.05, 4.69) is 56.2 Å². The highest BCUT2D eigenvalue weighted by atomic mass is 35.5. The predicted octanol–water partition coefficient (Wildman–Crippen LogP) is 6.28. The number of rotatable bonds is 9. The Morgan fingerprint density at radius 1 is 1.30 bits per heavy atom. The number of unbranched alkanes of at least 4 members (excludes halogenated alkanes) is 1. The second kappa shape index (κ2) is 11.5. The average Bonchev–Trinajstić information content (AvgIpc) is 2.62. The van der Waals surface area contributed by atoms with Crippen LogP contribution >= 0.6 is 11.6 Å². The topological polar surface area (TPSA) is 24.8 Å². The van der Waals surface area contributed by atoms with Gasteiger partial charge in [-0.05, 0) is 69.1 Å². The summed E-state index contributed by atoms with van der Waals surface area (Å²) in [5.74, 6) is 0.979. The smallest absolute Gasteiger partial charge is 0.120 e. The molecule has 0 N–H and O–H groups in total. The molecule has 3 nitrogen and oxygen atoms in total. The van der Waals surface area contributed by atoms with Gasteiger partial charge in [0.1, 0.15) is 6.61 Å². The van der Waals surface area contributed by atoms with E-state index >= 15 is 0 Å². The number of hydrogen-bond acceptors (Lipinski definition) is 3. The van der Waals surface area contributed by atoms with Crippen molar-refractivity contribution in [3.63, 3.8) is 0 Å². The van der Waals surface area contributed by atoms with Gasteiger partial charge in [0.2, 0.25) is 0 Å². The molecule has 4 heteroatoms. The molecule has 0 amide bonds. The first-order valence-corrected chi connectivity index (χ1v) is 10.7. The summed E-state index contributed by atoms with van der Waals surface area (Å²) in [5, 5.41) is 5.44. The Morgan fingerprint density at radius 2 is 2.04 bits per heavy atom. The van der Waals surface area contributed by atoms with Crippen LogP contribution < -0.4 is 0 Å². The van der Waals surface area contributed by atoms with Crippen LogP contribution in [-0.2, 0) is 4.84 Å². The van der Waals surface area contributed by atoms with Crippen LogP contribution in [0.3, 0.4) is 0 Å². The van der Waals surface area contributed by atoms with Crippen LogP contribution in [0, 0.1) is 11.8 Å². The Morgan fingerprint density at radius 3 is 2.70 bits per heavy atom. The number of benzene rings is 1. The lowest BCUT2D eigenvalue weighted by Gasteiger charge is -2.26. The maximum Gasteiger partial charge on any atom is 0.120 e. The highest BCUT2D eigenvalue weighted by Gasteiger charge is 2.25. The van der Waals surface area contributed by atoms with Crippen LogP contribution in [0.15, 0.2) is 35.0 Å². The molecule has 0 bridgehead atoms. The minimum atomic E-state index is 0.464. The summed E-state index contributed by atoms with van der Waals surface area (Å²) in [6, 6.07) is 8.04. The summed E-state index contributed by atoms with van der Waals surface area (Å²) in [6.45, 7) is 6.14. The zero-order valence-corrected chi connectivity index (χ0v) is 18.1. The molecule has 0 aliphatic heterocycles. The normalized spacial score (nSPS) is 21.8. The molecular weight excluding hydrogens is 356 g/mol. The first-order valence-electron chi connectivity index (χ1n) is 10.3. The fraction of sp³-hybridized carbons (Fsp3) is 0.609. The first kappa shape index (κ1) is 22.0. The van der Waals surface area contributed by atoms with Gasteiger partial charge in [0, 0.05) is 23.4 Å². The van der Waals surface area contributed by atoms with E-state index in [9.17, 15) is 0 Å². The number of oxime groups is 1. The zero-order valence-electron chi connectivity index (χ0n) is 17.4. The third kappa shape index (κ3) is 7.67. The summed E-state index contributed by atoms with van der Waals surface area (Å²) in [5.41, 5.74) is 3.67. The van der Waals surface area contributed by atoms with Crippen LogP contribution in [0.5, 0.6) is 0 Å². The molecule has 0 saturated heterocycles. The Hall–Kier alpha value is -1.32. The van der Waals surface area contributed by atoms with Crippen molar-refractivity contribution in [2.75, 3.05) is 27.2 Å². The monoisotopic (exact) mass is 390 g/mol. The zero-order chi connectivity index (χ0) is 19.6. The molecule has 1 aromatic rings. The first-order chi connectivity index (χ1) is 13.0. The van der Waals surface area contributed by atoms with Crippen molar-refractivity contribution in [3.05, 3.63) is 40.4 Å². The van der Waals surface area contributed by atoms with Gasteiger partial charge < -0.3 is 9.74 Å². The summed E-state index contributed by atoms with van der Waals surface area (Å²) in [6.07, 6.45) is 9.44. The van der Waals surface area contributed by atoms with Gasteiger partial charge in [-0.1, -0.05) is 55.6 Å². The average molecular weight is 391 g/mol. The minimum Gasteiger partial charge on any atom is -0.395 e. The van der Waals surface area contributed by atoms with Crippen molar-refractivity contribution in [1.82, 2.24) is 4.90 Å². The maximum absolute atomic E-state index is 6.03.